The van der Waals surface area contributed by atoms with Crippen LogP contribution in [0.5, 0.6) is 0 Å². The number of H-pyrrole nitrogens is 1. The van der Waals surface area contributed by atoms with Gasteiger partial charge in [-0.2, -0.15) is 28.7 Å². The maximum atomic E-state index is 10.6. The summed E-state index contributed by atoms with van der Waals surface area (Å²) in [5.74, 6) is -2.76. The molecule has 144 valence electrons. The Balaban J connectivity index is 0.000000321. The summed E-state index contributed by atoms with van der Waals surface area (Å²) in [5.41, 5.74) is 3.19. The van der Waals surface area contributed by atoms with Crippen LogP contribution in [-0.2, 0) is 11.3 Å². The summed E-state index contributed by atoms with van der Waals surface area (Å²) in [6.45, 7) is 3.32. The number of halogens is 3. The normalized spacial score (nSPS) is 14.7. The van der Waals surface area contributed by atoms with Crippen LogP contribution in [0.4, 0.5) is 13.2 Å². The molecule has 1 saturated heterocycles. The number of piperidine rings is 1. The van der Waals surface area contributed by atoms with Gasteiger partial charge in [-0.25, -0.2) is 4.79 Å². The molecule has 0 spiro atoms. The number of hydrogen-bond donors (Lipinski definition) is 2. The standard InChI is InChI=1S/C15H17N5.C2HF3O2/c16-10-14-15(18-19-17-14)13-6-4-5-12(9-13)11-20-7-2-1-3-8-20;3-2(4,5)1(6)7/h4-6,9H,1-3,7-8,11H2,(H,17,18,19);(H,6,7). The Morgan fingerprint density at radius 1 is 1.26 bits per heavy atom. The number of nitrogens with one attached hydrogen (secondary N) is 1. The molecule has 2 N–H and O–H groups in total. The second kappa shape index (κ2) is 9.14. The third-order valence-electron chi connectivity index (χ3n) is 3.95. The van der Waals surface area contributed by atoms with Gasteiger partial charge in [0.15, 0.2) is 5.69 Å². The number of aromatic amines is 1. The fraction of sp³-hybridized carbons (Fsp3) is 0.412. The molecule has 2 heterocycles. The van der Waals surface area contributed by atoms with Gasteiger partial charge in [-0.1, -0.05) is 24.6 Å². The Kier molecular flexibility index (Phi) is 6.90. The molecular weight excluding hydrogens is 363 g/mol. The van der Waals surface area contributed by atoms with Crippen molar-refractivity contribution < 1.29 is 23.1 Å². The predicted molar refractivity (Wildman–Crippen MR) is 89.4 cm³/mol. The summed E-state index contributed by atoms with van der Waals surface area (Å²) in [4.78, 5) is 11.4. The largest absolute Gasteiger partial charge is 0.490 e. The van der Waals surface area contributed by atoms with Gasteiger partial charge in [-0.3, -0.25) is 4.90 Å². The van der Waals surface area contributed by atoms with Gasteiger partial charge >= 0.3 is 12.1 Å². The fourth-order valence-electron chi connectivity index (χ4n) is 2.70. The Morgan fingerprint density at radius 3 is 2.52 bits per heavy atom. The minimum atomic E-state index is -5.08. The fourth-order valence-corrected chi connectivity index (χ4v) is 2.70. The smallest absolute Gasteiger partial charge is 0.475 e. The molecule has 0 aliphatic carbocycles. The first-order valence-electron chi connectivity index (χ1n) is 8.24. The van der Waals surface area contributed by atoms with Crippen molar-refractivity contribution in [3.8, 4) is 17.3 Å². The van der Waals surface area contributed by atoms with E-state index in [2.05, 4.69) is 38.5 Å². The number of aromatic nitrogens is 3. The van der Waals surface area contributed by atoms with Crippen molar-refractivity contribution in [2.75, 3.05) is 13.1 Å². The highest BCUT2D eigenvalue weighted by molar-refractivity contribution is 5.73. The van der Waals surface area contributed by atoms with E-state index in [1.165, 1.54) is 37.9 Å². The Labute approximate surface area is 153 Å². The molecule has 1 aromatic carbocycles. The van der Waals surface area contributed by atoms with Crippen LogP contribution in [0.15, 0.2) is 24.3 Å². The van der Waals surface area contributed by atoms with E-state index >= 15 is 0 Å². The van der Waals surface area contributed by atoms with Crippen molar-refractivity contribution >= 4 is 5.97 Å². The lowest BCUT2D eigenvalue weighted by Gasteiger charge is -2.26. The Hall–Kier alpha value is -2.93. The highest BCUT2D eigenvalue weighted by atomic mass is 19.4. The van der Waals surface area contributed by atoms with Crippen molar-refractivity contribution in [2.45, 2.75) is 32.0 Å². The Bertz CT molecular complexity index is 807. The van der Waals surface area contributed by atoms with Gasteiger partial charge in [0.25, 0.3) is 0 Å². The number of nitrogens with zero attached hydrogens (tertiary/aromatic N) is 4. The third kappa shape index (κ3) is 6.07. The maximum Gasteiger partial charge on any atom is 0.490 e. The van der Waals surface area contributed by atoms with Gasteiger partial charge in [-0.15, -0.1) is 5.10 Å². The van der Waals surface area contributed by atoms with Crippen molar-refractivity contribution in [1.29, 1.82) is 5.26 Å². The van der Waals surface area contributed by atoms with Crippen LogP contribution in [0.2, 0.25) is 0 Å². The highest BCUT2D eigenvalue weighted by Crippen LogP contribution is 2.21. The third-order valence-corrected chi connectivity index (χ3v) is 3.95. The number of carbonyl (C=O) groups is 1. The molecular formula is C17H18F3N5O2. The second-order valence-electron chi connectivity index (χ2n) is 5.97. The summed E-state index contributed by atoms with van der Waals surface area (Å²) in [6, 6.07) is 10.3. The number of rotatable bonds is 3. The van der Waals surface area contributed by atoms with Crippen LogP contribution in [0.25, 0.3) is 11.3 Å². The van der Waals surface area contributed by atoms with E-state index in [1.54, 1.807) is 0 Å². The van der Waals surface area contributed by atoms with Crippen LogP contribution < -0.4 is 0 Å². The minimum absolute atomic E-state index is 0.347. The van der Waals surface area contributed by atoms with E-state index in [9.17, 15) is 13.2 Å². The second-order valence-corrected chi connectivity index (χ2v) is 5.97. The zero-order valence-corrected chi connectivity index (χ0v) is 14.3. The first-order valence-corrected chi connectivity index (χ1v) is 8.24. The summed E-state index contributed by atoms with van der Waals surface area (Å²) in [5, 5.41) is 26.6. The molecule has 3 rings (SSSR count). The molecule has 0 saturated carbocycles. The van der Waals surface area contributed by atoms with Crippen LogP contribution in [0.3, 0.4) is 0 Å². The monoisotopic (exact) mass is 381 g/mol. The number of carboxylic acids is 1. The molecule has 7 nitrogen and oxygen atoms in total. The van der Waals surface area contributed by atoms with E-state index in [1.807, 2.05) is 12.1 Å². The molecule has 27 heavy (non-hydrogen) atoms. The van der Waals surface area contributed by atoms with Crippen LogP contribution in [0.1, 0.15) is 30.5 Å². The minimum Gasteiger partial charge on any atom is -0.475 e. The zero-order valence-electron chi connectivity index (χ0n) is 14.3. The van der Waals surface area contributed by atoms with E-state index in [0.29, 0.717) is 11.4 Å². The van der Waals surface area contributed by atoms with Crippen molar-refractivity contribution in [3.63, 3.8) is 0 Å². The van der Waals surface area contributed by atoms with Gasteiger partial charge in [0.05, 0.1) is 0 Å². The molecule has 0 amide bonds. The van der Waals surface area contributed by atoms with Gasteiger partial charge in [0.2, 0.25) is 0 Å². The van der Waals surface area contributed by atoms with Crippen molar-refractivity contribution in [2.24, 2.45) is 0 Å². The number of carboxylic acid groups (broad SMARTS) is 1. The van der Waals surface area contributed by atoms with Crippen molar-refractivity contribution in [1.82, 2.24) is 20.3 Å². The number of likely N-dealkylation sites (tertiary alicyclic amines) is 1. The van der Waals surface area contributed by atoms with E-state index < -0.39 is 12.1 Å². The maximum absolute atomic E-state index is 10.6. The van der Waals surface area contributed by atoms with E-state index in [-0.39, 0.29) is 0 Å². The molecule has 2 aromatic rings. The lowest BCUT2D eigenvalue weighted by molar-refractivity contribution is -0.192. The predicted octanol–water partition coefficient (Wildman–Crippen LogP) is 2.96. The molecule has 0 radical (unpaired) electrons. The van der Waals surface area contributed by atoms with E-state index in [4.69, 9.17) is 15.2 Å². The Morgan fingerprint density at radius 2 is 1.93 bits per heavy atom. The number of benzene rings is 1. The summed E-state index contributed by atoms with van der Waals surface area (Å²) < 4.78 is 31.7. The van der Waals surface area contributed by atoms with E-state index in [0.717, 1.165) is 12.1 Å². The SMILES string of the molecule is N#Cc1n[nH]nc1-c1cccc(CN2CCCCC2)c1.O=C(O)C(F)(F)F. The molecule has 1 aromatic heterocycles. The summed E-state index contributed by atoms with van der Waals surface area (Å²) in [7, 11) is 0. The lowest BCUT2D eigenvalue weighted by Crippen LogP contribution is -2.29. The topological polar surface area (TPSA) is 106 Å². The number of aliphatic carboxylic acids is 1. The first kappa shape index (κ1) is 20.4. The molecule has 10 heteroatoms. The van der Waals surface area contributed by atoms with Crippen molar-refractivity contribution in [3.05, 3.63) is 35.5 Å². The molecule has 0 unspecified atom stereocenters. The first-order chi connectivity index (χ1) is 12.8. The molecule has 1 aliphatic rings. The van der Waals surface area contributed by atoms with Crippen LogP contribution in [-0.4, -0.2) is 50.7 Å². The zero-order chi connectivity index (χ0) is 19.9. The van der Waals surface area contributed by atoms with Gasteiger partial charge < -0.3 is 5.11 Å². The van der Waals surface area contributed by atoms with Crippen LogP contribution >= 0.6 is 0 Å². The number of nitriles is 1. The molecule has 0 bridgehead atoms. The summed E-state index contributed by atoms with van der Waals surface area (Å²) >= 11 is 0. The highest BCUT2D eigenvalue weighted by Gasteiger charge is 2.38. The lowest BCUT2D eigenvalue weighted by atomic mass is 10.1. The van der Waals surface area contributed by atoms with Gasteiger partial charge in [0, 0.05) is 12.1 Å². The average Bonchev–Trinajstić information content (AvgIpc) is 3.11. The quantitative estimate of drug-likeness (QED) is 0.847. The summed E-state index contributed by atoms with van der Waals surface area (Å²) in [6.07, 6.45) is -1.15. The molecule has 0 atom stereocenters. The molecule has 1 fully saturated rings. The van der Waals surface area contributed by atoms with Gasteiger partial charge in [-0.05, 0) is 37.6 Å². The van der Waals surface area contributed by atoms with Gasteiger partial charge in [0.1, 0.15) is 11.8 Å². The number of hydrogen-bond acceptors (Lipinski definition) is 5. The number of alkyl halides is 3. The average molecular weight is 381 g/mol. The van der Waals surface area contributed by atoms with Crippen LogP contribution in [0, 0.1) is 11.3 Å². The molecule has 1 aliphatic heterocycles.